The Balaban J connectivity index is 1.65. The van der Waals surface area contributed by atoms with E-state index in [0.29, 0.717) is 11.1 Å². The fourth-order valence-electron chi connectivity index (χ4n) is 4.01. The second-order valence-corrected chi connectivity index (χ2v) is 9.12. The van der Waals surface area contributed by atoms with Crippen molar-refractivity contribution in [2.45, 2.75) is 22.9 Å². The summed E-state index contributed by atoms with van der Waals surface area (Å²) in [7, 11) is -4.17. The van der Waals surface area contributed by atoms with Crippen molar-refractivity contribution in [2.24, 2.45) is 0 Å². The maximum Gasteiger partial charge on any atom is 0.244 e. The summed E-state index contributed by atoms with van der Waals surface area (Å²) in [5, 5.41) is 19.6. The highest BCUT2D eigenvalue weighted by molar-refractivity contribution is 7.89. The number of aliphatic hydroxyl groups is 1. The molecule has 0 bridgehead atoms. The Morgan fingerprint density at radius 3 is 2.16 bits per heavy atom. The van der Waals surface area contributed by atoms with Gasteiger partial charge in [0.25, 0.3) is 0 Å². The summed E-state index contributed by atoms with van der Waals surface area (Å²) in [5.74, 6) is -1.62. The number of benzene rings is 3. The van der Waals surface area contributed by atoms with E-state index in [9.17, 15) is 27.6 Å². The molecule has 1 aliphatic rings. The van der Waals surface area contributed by atoms with Crippen LogP contribution in [0.2, 0.25) is 0 Å². The summed E-state index contributed by atoms with van der Waals surface area (Å²) in [6.45, 7) is -0.497. The molecule has 31 heavy (non-hydrogen) atoms. The molecule has 3 atom stereocenters. The fourth-order valence-corrected chi connectivity index (χ4v) is 5.80. The van der Waals surface area contributed by atoms with Crippen LogP contribution in [0.25, 0.3) is 11.1 Å². The van der Waals surface area contributed by atoms with Crippen molar-refractivity contribution in [3.63, 3.8) is 0 Å². The van der Waals surface area contributed by atoms with Gasteiger partial charge in [0, 0.05) is 5.92 Å². The van der Waals surface area contributed by atoms with Crippen LogP contribution in [0, 0.1) is 23.0 Å². The van der Waals surface area contributed by atoms with Crippen molar-refractivity contribution in [1.82, 2.24) is 4.31 Å². The monoisotopic (exact) mass is 440 g/mol. The lowest BCUT2D eigenvalue weighted by Gasteiger charge is -2.50. The van der Waals surface area contributed by atoms with E-state index >= 15 is 0 Å². The molecular weight excluding hydrogens is 422 g/mol. The summed E-state index contributed by atoms with van der Waals surface area (Å²) in [6, 6.07) is 17.8. The van der Waals surface area contributed by atoms with E-state index in [-0.39, 0.29) is 10.7 Å². The smallest absolute Gasteiger partial charge is 0.244 e. The van der Waals surface area contributed by atoms with E-state index in [4.69, 9.17) is 0 Å². The Labute approximate surface area is 178 Å². The molecule has 0 saturated carbocycles. The molecule has 1 fully saturated rings. The van der Waals surface area contributed by atoms with Crippen LogP contribution in [-0.4, -0.2) is 36.5 Å². The number of rotatable bonds is 5. The van der Waals surface area contributed by atoms with Crippen molar-refractivity contribution in [3.8, 4) is 17.2 Å². The fraction of sp³-hybridized carbons (Fsp3) is 0.174. The number of sulfonamides is 1. The zero-order valence-corrected chi connectivity index (χ0v) is 17.0. The van der Waals surface area contributed by atoms with E-state index < -0.39 is 40.4 Å². The zero-order chi connectivity index (χ0) is 22.2. The Morgan fingerprint density at radius 1 is 0.935 bits per heavy atom. The summed E-state index contributed by atoms with van der Waals surface area (Å²) in [6.07, 6.45) is 0. The van der Waals surface area contributed by atoms with Gasteiger partial charge in [-0.25, -0.2) is 17.2 Å². The van der Waals surface area contributed by atoms with Crippen molar-refractivity contribution in [2.75, 3.05) is 6.61 Å². The summed E-state index contributed by atoms with van der Waals surface area (Å²) in [5.41, 5.74) is 2.13. The molecule has 1 saturated heterocycles. The summed E-state index contributed by atoms with van der Waals surface area (Å²) < 4.78 is 54.0. The normalized spacial score (nSPS) is 21.3. The standard InChI is InChI=1S/C23H18F2N2O3S/c24-18-4-1-3-17(11-18)15-7-9-16(10-8-15)23-21(13-26)27(22(23)14-28)31(29,30)20-6-2-5-19(25)12-20/h1-12,21-23,28H,14H2/t21-,22-,23-/m1/s1. The van der Waals surface area contributed by atoms with Crippen LogP contribution < -0.4 is 0 Å². The van der Waals surface area contributed by atoms with Crippen LogP contribution in [0.3, 0.4) is 0 Å². The zero-order valence-electron chi connectivity index (χ0n) is 16.2. The van der Waals surface area contributed by atoms with Gasteiger partial charge in [0.05, 0.1) is 23.6 Å². The van der Waals surface area contributed by atoms with Crippen molar-refractivity contribution in [1.29, 1.82) is 5.26 Å². The third-order valence-electron chi connectivity index (χ3n) is 5.50. The van der Waals surface area contributed by atoms with Gasteiger partial charge in [-0.3, -0.25) is 0 Å². The highest BCUT2D eigenvalue weighted by Crippen LogP contribution is 2.44. The predicted octanol–water partition coefficient (Wildman–Crippen LogP) is 3.67. The maximum atomic E-state index is 13.6. The molecular formula is C23H18F2N2O3S. The van der Waals surface area contributed by atoms with E-state index in [1.165, 1.54) is 24.3 Å². The van der Waals surface area contributed by atoms with Crippen LogP contribution >= 0.6 is 0 Å². The van der Waals surface area contributed by atoms with E-state index in [1.54, 1.807) is 36.4 Å². The van der Waals surface area contributed by atoms with Gasteiger partial charge in [0.2, 0.25) is 10.0 Å². The molecule has 1 heterocycles. The molecule has 4 rings (SSSR count). The molecule has 0 aliphatic carbocycles. The quantitative estimate of drug-likeness (QED) is 0.656. The topological polar surface area (TPSA) is 81.4 Å². The largest absolute Gasteiger partial charge is 0.395 e. The average molecular weight is 440 g/mol. The number of aliphatic hydroxyl groups excluding tert-OH is 1. The molecule has 0 aromatic heterocycles. The van der Waals surface area contributed by atoms with Gasteiger partial charge in [-0.05, 0) is 47.0 Å². The Hall–Kier alpha value is -3.12. The van der Waals surface area contributed by atoms with Crippen molar-refractivity contribution >= 4 is 10.0 Å². The van der Waals surface area contributed by atoms with Crippen LogP contribution in [-0.2, 0) is 10.0 Å². The number of nitrogens with zero attached hydrogens (tertiary/aromatic N) is 2. The number of nitriles is 1. The van der Waals surface area contributed by atoms with Gasteiger partial charge < -0.3 is 5.11 Å². The first-order valence-electron chi connectivity index (χ1n) is 9.52. The minimum absolute atomic E-state index is 0.272. The Morgan fingerprint density at radius 2 is 1.58 bits per heavy atom. The third-order valence-corrected chi connectivity index (χ3v) is 7.40. The molecule has 5 nitrogen and oxygen atoms in total. The number of hydrogen-bond acceptors (Lipinski definition) is 4. The van der Waals surface area contributed by atoms with E-state index in [1.807, 2.05) is 6.07 Å². The van der Waals surface area contributed by atoms with Crippen molar-refractivity contribution in [3.05, 3.63) is 90.0 Å². The van der Waals surface area contributed by atoms with E-state index in [2.05, 4.69) is 0 Å². The number of halogens is 2. The average Bonchev–Trinajstić information content (AvgIpc) is 2.74. The molecule has 1 N–H and O–H groups in total. The van der Waals surface area contributed by atoms with Gasteiger partial charge in [-0.15, -0.1) is 0 Å². The second kappa shape index (κ2) is 8.19. The maximum absolute atomic E-state index is 13.6. The molecule has 0 amide bonds. The Bertz CT molecular complexity index is 1260. The minimum Gasteiger partial charge on any atom is -0.395 e. The lowest BCUT2D eigenvalue weighted by Crippen LogP contribution is -2.65. The predicted molar refractivity (Wildman–Crippen MR) is 110 cm³/mol. The van der Waals surface area contributed by atoms with Gasteiger partial charge in [-0.2, -0.15) is 9.57 Å². The first-order chi connectivity index (χ1) is 14.9. The number of hydrogen-bond donors (Lipinski definition) is 1. The van der Waals surface area contributed by atoms with Gasteiger partial charge >= 0.3 is 0 Å². The lowest BCUT2D eigenvalue weighted by atomic mass is 9.78. The highest BCUT2D eigenvalue weighted by atomic mass is 32.2. The summed E-state index contributed by atoms with van der Waals surface area (Å²) >= 11 is 0. The van der Waals surface area contributed by atoms with Crippen LogP contribution in [0.1, 0.15) is 11.5 Å². The molecule has 0 spiro atoms. The van der Waals surface area contributed by atoms with Crippen LogP contribution in [0.5, 0.6) is 0 Å². The molecule has 3 aromatic rings. The van der Waals surface area contributed by atoms with Gasteiger partial charge in [0.15, 0.2) is 0 Å². The third kappa shape index (κ3) is 3.72. The highest BCUT2D eigenvalue weighted by Gasteiger charge is 2.55. The van der Waals surface area contributed by atoms with Crippen molar-refractivity contribution < 1.29 is 22.3 Å². The van der Waals surface area contributed by atoms with E-state index in [0.717, 1.165) is 22.0 Å². The lowest BCUT2D eigenvalue weighted by molar-refractivity contribution is 0.0556. The molecule has 0 unspecified atom stereocenters. The molecule has 1 aliphatic heterocycles. The van der Waals surface area contributed by atoms with Gasteiger partial charge in [0.1, 0.15) is 17.7 Å². The second-order valence-electron chi connectivity index (χ2n) is 7.27. The van der Waals surface area contributed by atoms with Crippen LogP contribution in [0.4, 0.5) is 8.78 Å². The molecule has 3 aromatic carbocycles. The summed E-state index contributed by atoms with van der Waals surface area (Å²) in [4.78, 5) is -0.272. The van der Waals surface area contributed by atoms with Crippen LogP contribution in [0.15, 0.2) is 77.7 Å². The molecule has 8 heteroatoms. The first-order valence-corrected chi connectivity index (χ1v) is 11.0. The molecule has 158 valence electrons. The molecule has 0 radical (unpaired) electrons. The van der Waals surface area contributed by atoms with Gasteiger partial charge in [-0.1, -0.05) is 42.5 Å². The SMILES string of the molecule is N#C[C@@H]1[C@@H](c2ccc(-c3cccc(F)c3)cc2)[C@@H](CO)N1S(=O)(=O)c1cccc(F)c1. The Kier molecular flexibility index (Phi) is 5.58. The minimum atomic E-state index is -4.17. The first kappa shape index (κ1) is 21.1.